The van der Waals surface area contributed by atoms with Crippen LogP contribution < -0.4 is 16.6 Å². The van der Waals surface area contributed by atoms with Crippen LogP contribution in [0.25, 0.3) is 0 Å². The van der Waals surface area contributed by atoms with Crippen molar-refractivity contribution in [3.8, 4) is 0 Å². The van der Waals surface area contributed by atoms with Gasteiger partial charge in [0.15, 0.2) is 0 Å². The number of hydrogen-bond acceptors (Lipinski definition) is 3. The second-order valence-electron chi connectivity index (χ2n) is 6.75. The predicted octanol–water partition coefficient (Wildman–Crippen LogP) is 2.40. The highest BCUT2D eigenvalue weighted by Crippen LogP contribution is 2.27. The van der Waals surface area contributed by atoms with Crippen LogP contribution in [0.1, 0.15) is 29.0 Å². The van der Waals surface area contributed by atoms with E-state index in [1.54, 1.807) is 13.2 Å². The Morgan fingerprint density at radius 3 is 2.00 bits per heavy atom. The summed E-state index contributed by atoms with van der Waals surface area (Å²) in [6.07, 6.45) is 2.53. The van der Waals surface area contributed by atoms with Gasteiger partial charge in [-0.15, -0.1) is 0 Å². The van der Waals surface area contributed by atoms with Gasteiger partial charge in [0.1, 0.15) is 0 Å². The summed E-state index contributed by atoms with van der Waals surface area (Å²) in [5.74, 6) is 0.294. The molecule has 0 radical (unpaired) electrons. The second-order valence-corrected chi connectivity index (χ2v) is 6.75. The molecule has 0 fully saturated rings. The van der Waals surface area contributed by atoms with Crippen LogP contribution in [0.5, 0.6) is 0 Å². The Morgan fingerprint density at radius 1 is 0.889 bits per heavy atom. The molecule has 3 rings (SSSR count). The first-order chi connectivity index (χ1) is 13.1. The molecule has 0 bridgehead atoms. The molecule has 1 heterocycles. The lowest BCUT2D eigenvalue weighted by Crippen LogP contribution is -2.39. The highest BCUT2D eigenvalue weighted by molar-refractivity contribution is 5.32. The Labute approximate surface area is 158 Å². The maximum Gasteiger partial charge on any atom is 0.330 e. The number of rotatable bonds is 7. The third-order valence-corrected chi connectivity index (χ3v) is 4.85. The van der Waals surface area contributed by atoms with Crippen LogP contribution in [0.3, 0.4) is 0 Å². The molecule has 5 nitrogen and oxygen atoms in total. The summed E-state index contributed by atoms with van der Waals surface area (Å²) in [4.78, 5) is 24.0. The van der Waals surface area contributed by atoms with E-state index in [1.807, 2.05) is 12.1 Å². The molecule has 2 aromatic carbocycles. The third-order valence-electron chi connectivity index (χ3n) is 4.85. The molecule has 0 spiro atoms. The molecule has 0 saturated heterocycles. The zero-order valence-corrected chi connectivity index (χ0v) is 15.8. The van der Waals surface area contributed by atoms with Gasteiger partial charge in [-0.1, -0.05) is 60.7 Å². The van der Waals surface area contributed by atoms with Gasteiger partial charge in [-0.25, -0.2) is 4.79 Å². The van der Waals surface area contributed by atoms with Crippen LogP contribution in [0.15, 0.2) is 76.4 Å². The third kappa shape index (κ3) is 4.44. The number of hydrogen-bond donors (Lipinski definition) is 1. The monoisotopic (exact) mass is 363 g/mol. The Morgan fingerprint density at radius 2 is 1.44 bits per heavy atom. The molecule has 0 unspecified atom stereocenters. The SMILES string of the molecule is Cn1cc(CNCCC(c2ccccc2)c2ccccc2)c(=O)n(C)c1=O. The molecule has 0 aliphatic heterocycles. The van der Waals surface area contributed by atoms with E-state index in [0.29, 0.717) is 18.0 Å². The Balaban J connectivity index is 1.69. The van der Waals surface area contributed by atoms with Gasteiger partial charge in [0.2, 0.25) is 0 Å². The maximum atomic E-state index is 12.2. The Kier molecular flexibility index (Phi) is 6.04. The van der Waals surface area contributed by atoms with Crippen molar-refractivity contribution in [3.05, 3.63) is 104 Å². The van der Waals surface area contributed by atoms with Crippen molar-refractivity contribution in [2.45, 2.75) is 18.9 Å². The normalized spacial score (nSPS) is 11.1. The highest BCUT2D eigenvalue weighted by Gasteiger charge is 2.13. The molecule has 0 aliphatic rings. The topological polar surface area (TPSA) is 56.0 Å². The molecule has 1 N–H and O–H groups in total. The number of nitrogens with one attached hydrogen (secondary N) is 1. The first kappa shape index (κ1) is 18.9. The molecule has 0 atom stereocenters. The van der Waals surface area contributed by atoms with Crippen molar-refractivity contribution in [1.82, 2.24) is 14.5 Å². The van der Waals surface area contributed by atoms with E-state index >= 15 is 0 Å². The largest absolute Gasteiger partial charge is 0.330 e. The Hall–Kier alpha value is -2.92. The molecule has 140 valence electrons. The summed E-state index contributed by atoms with van der Waals surface area (Å²) in [7, 11) is 3.17. The van der Waals surface area contributed by atoms with Gasteiger partial charge >= 0.3 is 5.69 Å². The summed E-state index contributed by atoms with van der Waals surface area (Å²) in [5, 5.41) is 3.36. The predicted molar refractivity (Wildman–Crippen MR) is 108 cm³/mol. The minimum atomic E-state index is -0.308. The fourth-order valence-corrected chi connectivity index (χ4v) is 3.37. The van der Waals surface area contributed by atoms with Gasteiger partial charge < -0.3 is 9.88 Å². The van der Waals surface area contributed by atoms with Crippen molar-refractivity contribution in [3.63, 3.8) is 0 Å². The smallest absolute Gasteiger partial charge is 0.312 e. The fourth-order valence-electron chi connectivity index (χ4n) is 3.37. The summed E-state index contributed by atoms with van der Waals surface area (Å²) in [5.41, 5.74) is 2.60. The Bertz CT molecular complexity index is 952. The van der Waals surface area contributed by atoms with E-state index in [-0.39, 0.29) is 11.2 Å². The lowest BCUT2D eigenvalue weighted by Gasteiger charge is -2.18. The van der Waals surface area contributed by atoms with Crippen LogP contribution in [-0.4, -0.2) is 15.7 Å². The van der Waals surface area contributed by atoms with Crippen LogP contribution in [-0.2, 0) is 20.6 Å². The average molecular weight is 363 g/mol. The van der Waals surface area contributed by atoms with Crippen molar-refractivity contribution in [1.29, 1.82) is 0 Å². The van der Waals surface area contributed by atoms with Crippen molar-refractivity contribution >= 4 is 0 Å². The summed E-state index contributed by atoms with van der Waals surface area (Å²) in [6, 6.07) is 20.9. The molecule has 3 aromatic rings. The summed E-state index contributed by atoms with van der Waals surface area (Å²) < 4.78 is 2.59. The van der Waals surface area contributed by atoms with Gasteiger partial charge in [-0.3, -0.25) is 9.36 Å². The minimum Gasteiger partial charge on any atom is -0.312 e. The standard InChI is InChI=1S/C22H25N3O2/c1-24-16-19(21(26)25(2)22(24)27)15-23-14-13-20(17-9-5-3-6-10-17)18-11-7-4-8-12-18/h3-12,16,20,23H,13-15H2,1-2H3. The van der Waals surface area contributed by atoms with Gasteiger partial charge in [-0.2, -0.15) is 0 Å². The van der Waals surface area contributed by atoms with E-state index in [2.05, 4.69) is 53.8 Å². The van der Waals surface area contributed by atoms with E-state index < -0.39 is 0 Å². The van der Waals surface area contributed by atoms with E-state index in [4.69, 9.17) is 0 Å². The summed E-state index contributed by atoms with van der Waals surface area (Å²) in [6.45, 7) is 1.21. The molecule has 27 heavy (non-hydrogen) atoms. The second kappa shape index (κ2) is 8.64. The molecule has 0 aliphatic carbocycles. The molecule has 5 heteroatoms. The number of aryl methyl sites for hydroxylation is 1. The molecule has 0 amide bonds. The number of nitrogens with zero attached hydrogens (tertiary/aromatic N) is 2. The van der Waals surface area contributed by atoms with Gasteiger partial charge in [0.05, 0.1) is 0 Å². The fraction of sp³-hybridized carbons (Fsp3) is 0.273. The number of aromatic nitrogens is 2. The number of benzene rings is 2. The lowest BCUT2D eigenvalue weighted by molar-refractivity contribution is 0.593. The highest BCUT2D eigenvalue weighted by atomic mass is 16.2. The maximum absolute atomic E-state index is 12.2. The lowest BCUT2D eigenvalue weighted by atomic mass is 9.88. The van der Waals surface area contributed by atoms with E-state index in [9.17, 15) is 9.59 Å². The summed E-state index contributed by atoms with van der Waals surface area (Å²) >= 11 is 0. The first-order valence-corrected chi connectivity index (χ1v) is 9.14. The quantitative estimate of drug-likeness (QED) is 0.656. The van der Waals surface area contributed by atoms with Crippen LogP contribution in [0.2, 0.25) is 0 Å². The molecular weight excluding hydrogens is 338 g/mol. The minimum absolute atomic E-state index is 0.242. The zero-order valence-electron chi connectivity index (χ0n) is 15.8. The van der Waals surface area contributed by atoms with Gasteiger partial charge in [0.25, 0.3) is 5.56 Å². The van der Waals surface area contributed by atoms with Crippen molar-refractivity contribution < 1.29 is 0 Å². The molecule has 0 saturated carbocycles. The van der Waals surface area contributed by atoms with Crippen LogP contribution in [0.4, 0.5) is 0 Å². The van der Waals surface area contributed by atoms with Gasteiger partial charge in [0, 0.05) is 38.3 Å². The first-order valence-electron chi connectivity index (χ1n) is 9.14. The van der Waals surface area contributed by atoms with Gasteiger partial charge in [-0.05, 0) is 24.1 Å². The van der Waals surface area contributed by atoms with Crippen LogP contribution in [0, 0.1) is 0 Å². The van der Waals surface area contributed by atoms with E-state index in [0.717, 1.165) is 17.5 Å². The molecular formula is C22H25N3O2. The average Bonchev–Trinajstić information content (AvgIpc) is 2.71. The zero-order chi connectivity index (χ0) is 19.2. The van der Waals surface area contributed by atoms with Crippen molar-refractivity contribution in [2.24, 2.45) is 14.1 Å². The van der Waals surface area contributed by atoms with E-state index in [1.165, 1.54) is 22.7 Å². The molecule has 1 aromatic heterocycles. The van der Waals surface area contributed by atoms with Crippen LogP contribution >= 0.6 is 0 Å². The van der Waals surface area contributed by atoms with Crippen molar-refractivity contribution in [2.75, 3.05) is 6.54 Å².